The largest absolute Gasteiger partial charge is 0.503 e. The number of allylic oxidation sites excluding steroid dienone is 1. The SMILES string of the molecule is COc1ccc(C2C(C(=O)/C=C/c3ccccc3)=C(O)C(=O)N2CCCn2ccnc2)cc1OC. The molecule has 3 aromatic rings. The van der Waals surface area contributed by atoms with E-state index in [-0.39, 0.29) is 5.57 Å². The van der Waals surface area contributed by atoms with Gasteiger partial charge < -0.3 is 24.0 Å². The van der Waals surface area contributed by atoms with Gasteiger partial charge >= 0.3 is 0 Å². The average Bonchev–Trinajstić information content (AvgIpc) is 3.49. The van der Waals surface area contributed by atoms with Crippen molar-refractivity contribution >= 4 is 17.8 Å². The molecule has 0 saturated heterocycles. The maximum absolute atomic E-state index is 13.3. The zero-order chi connectivity index (χ0) is 24.8. The van der Waals surface area contributed by atoms with Crippen molar-refractivity contribution in [1.29, 1.82) is 0 Å². The molecule has 35 heavy (non-hydrogen) atoms. The van der Waals surface area contributed by atoms with Gasteiger partial charge in [-0.1, -0.05) is 42.5 Å². The lowest BCUT2D eigenvalue weighted by atomic mass is 9.95. The van der Waals surface area contributed by atoms with Gasteiger partial charge in [0.25, 0.3) is 5.91 Å². The first-order valence-electron chi connectivity index (χ1n) is 11.2. The van der Waals surface area contributed by atoms with E-state index in [1.165, 1.54) is 25.2 Å². The number of rotatable bonds is 10. The number of methoxy groups -OCH3 is 2. The Morgan fingerprint density at radius 2 is 1.86 bits per heavy atom. The maximum Gasteiger partial charge on any atom is 0.290 e. The van der Waals surface area contributed by atoms with Crippen molar-refractivity contribution in [1.82, 2.24) is 14.5 Å². The number of carbonyl (C=O) groups is 2. The van der Waals surface area contributed by atoms with Gasteiger partial charge in [0.1, 0.15) is 0 Å². The summed E-state index contributed by atoms with van der Waals surface area (Å²) in [4.78, 5) is 32.0. The Balaban J connectivity index is 1.67. The molecule has 1 aromatic heterocycles. The lowest BCUT2D eigenvalue weighted by Gasteiger charge is -2.27. The standard InChI is InChI=1S/C27H27N3O5/c1-34-22-12-10-20(17-23(22)35-2)25-24(21(31)11-9-19-7-4-3-5-8-19)26(32)27(33)30(25)15-6-14-29-16-13-28-18-29/h3-5,7-13,16-18,25,32H,6,14-15H2,1-2H3/b11-9+. The van der Waals surface area contributed by atoms with Gasteiger partial charge in [-0.3, -0.25) is 9.59 Å². The minimum absolute atomic E-state index is 0.0389. The van der Waals surface area contributed by atoms with Crippen LogP contribution in [0.25, 0.3) is 6.08 Å². The van der Waals surface area contributed by atoms with Gasteiger partial charge in [0.05, 0.1) is 32.2 Å². The normalized spacial score (nSPS) is 15.8. The minimum Gasteiger partial charge on any atom is -0.503 e. The van der Waals surface area contributed by atoms with E-state index in [1.54, 1.807) is 36.8 Å². The van der Waals surface area contributed by atoms with Crippen LogP contribution >= 0.6 is 0 Å². The highest BCUT2D eigenvalue weighted by Gasteiger charge is 2.42. The molecule has 4 rings (SSSR count). The Kier molecular flexibility index (Phi) is 7.30. The van der Waals surface area contributed by atoms with Gasteiger partial charge in [-0.15, -0.1) is 0 Å². The third-order valence-electron chi connectivity index (χ3n) is 5.89. The van der Waals surface area contributed by atoms with Crippen molar-refractivity contribution in [2.45, 2.75) is 19.0 Å². The van der Waals surface area contributed by atoms with Gasteiger partial charge in [0.2, 0.25) is 0 Å². The number of benzene rings is 2. The van der Waals surface area contributed by atoms with Gasteiger partial charge in [-0.25, -0.2) is 4.98 Å². The van der Waals surface area contributed by atoms with Crippen LogP contribution in [0.4, 0.5) is 0 Å². The number of ether oxygens (including phenoxy) is 2. The van der Waals surface area contributed by atoms with Crippen LogP contribution in [-0.4, -0.2) is 52.0 Å². The summed E-state index contributed by atoms with van der Waals surface area (Å²) >= 11 is 0. The van der Waals surface area contributed by atoms with Gasteiger partial charge in [-0.2, -0.15) is 0 Å². The topological polar surface area (TPSA) is 93.9 Å². The average molecular weight is 474 g/mol. The molecular formula is C27H27N3O5. The molecule has 8 nitrogen and oxygen atoms in total. The zero-order valence-electron chi connectivity index (χ0n) is 19.6. The van der Waals surface area contributed by atoms with Gasteiger partial charge in [0.15, 0.2) is 23.0 Å². The van der Waals surface area contributed by atoms with Crippen molar-refractivity contribution in [3.8, 4) is 11.5 Å². The highest BCUT2D eigenvalue weighted by atomic mass is 16.5. The van der Waals surface area contributed by atoms with E-state index in [0.29, 0.717) is 36.6 Å². The molecule has 1 atom stereocenters. The summed E-state index contributed by atoms with van der Waals surface area (Å²) in [6.07, 6.45) is 8.90. The number of hydrogen-bond donors (Lipinski definition) is 1. The van der Waals surface area contributed by atoms with Crippen molar-refractivity contribution < 1.29 is 24.2 Å². The number of aliphatic hydroxyl groups excluding tert-OH is 1. The van der Waals surface area contributed by atoms with Crippen LogP contribution in [-0.2, 0) is 16.1 Å². The fraction of sp³-hybridized carbons (Fsp3) is 0.222. The van der Waals surface area contributed by atoms with Crippen LogP contribution in [0.2, 0.25) is 0 Å². The molecule has 1 unspecified atom stereocenters. The molecule has 180 valence electrons. The lowest BCUT2D eigenvalue weighted by Crippen LogP contribution is -2.32. The van der Waals surface area contributed by atoms with Crippen LogP contribution in [0.3, 0.4) is 0 Å². The summed E-state index contributed by atoms with van der Waals surface area (Å²) in [5, 5.41) is 10.8. The quantitative estimate of drug-likeness (QED) is 0.448. The Hall–Kier alpha value is -4.33. The molecule has 0 spiro atoms. The molecule has 8 heteroatoms. The second kappa shape index (κ2) is 10.7. The second-order valence-corrected chi connectivity index (χ2v) is 8.04. The van der Waals surface area contributed by atoms with E-state index in [1.807, 2.05) is 41.1 Å². The fourth-order valence-electron chi connectivity index (χ4n) is 4.17. The van der Waals surface area contributed by atoms with Crippen LogP contribution < -0.4 is 9.47 Å². The minimum atomic E-state index is -0.766. The second-order valence-electron chi connectivity index (χ2n) is 8.04. The molecule has 0 bridgehead atoms. The number of aryl methyl sites for hydroxylation is 1. The molecule has 1 amide bonds. The van der Waals surface area contributed by atoms with Crippen LogP contribution in [0.15, 0.2) is 84.7 Å². The van der Waals surface area contributed by atoms with Crippen LogP contribution in [0.5, 0.6) is 11.5 Å². The summed E-state index contributed by atoms with van der Waals surface area (Å²) in [5.41, 5.74) is 1.52. The number of carbonyl (C=O) groups excluding carboxylic acids is 2. The van der Waals surface area contributed by atoms with Gasteiger partial charge in [-0.05, 0) is 35.8 Å². The highest BCUT2D eigenvalue weighted by molar-refractivity contribution is 6.14. The number of amides is 1. The molecule has 2 heterocycles. The third-order valence-corrected chi connectivity index (χ3v) is 5.89. The predicted octanol–water partition coefficient (Wildman–Crippen LogP) is 3.97. The number of hydrogen-bond acceptors (Lipinski definition) is 6. The smallest absolute Gasteiger partial charge is 0.290 e. The molecule has 1 aliphatic rings. The van der Waals surface area contributed by atoms with E-state index in [2.05, 4.69) is 4.98 Å². The van der Waals surface area contributed by atoms with E-state index in [4.69, 9.17) is 9.47 Å². The molecule has 0 fully saturated rings. The highest BCUT2D eigenvalue weighted by Crippen LogP contribution is 2.41. The van der Waals surface area contributed by atoms with E-state index >= 15 is 0 Å². The number of aliphatic hydroxyl groups is 1. The maximum atomic E-state index is 13.3. The number of aromatic nitrogens is 2. The predicted molar refractivity (Wildman–Crippen MR) is 131 cm³/mol. The third kappa shape index (κ3) is 5.11. The van der Waals surface area contributed by atoms with Crippen LogP contribution in [0.1, 0.15) is 23.6 Å². The summed E-state index contributed by atoms with van der Waals surface area (Å²) in [5.74, 6) is -0.551. The molecule has 1 aliphatic heterocycles. The first kappa shape index (κ1) is 23.8. The lowest BCUT2D eigenvalue weighted by molar-refractivity contribution is -0.129. The first-order chi connectivity index (χ1) is 17.0. The molecule has 1 N–H and O–H groups in total. The van der Waals surface area contributed by atoms with Crippen molar-refractivity contribution in [2.24, 2.45) is 0 Å². The molecule has 0 radical (unpaired) electrons. The van der Waals surface area contributed by atoms with E-state index in [0.717, 1.165) is 5.56 Å². The van der Waals surface area contributed by atoms with Gasteiger partial charge in [0, 0.05) is 25.5 Å². The number of ketones is 1. The fourth-order valence-corrected chi connectivity index (χ4v) is 4.17. The molecule has 0 saturated carbocycles. The van der Waals surface area contributed by atoms with E-state index < -0.39 is 23.5 Å². The molecule has 0 aliphatic carbocycles. The van der Waals surface area contributed by atoms with Crippen molar-refractivity contribution in [3.63, 3.8) is 0 Å². The van der Waals surface area contributed by atoms with Crippen molar-refractivity contribution in [3.05, 3.63) is 95.8 Å². The molecule has 2 aromatic carbocycles. The monoisotopic (exact) mass is 473 g/mol. The summed E-state index contributed by atoms with van der Waals surface area (Å²) in [6.45, 7) is 0.972. The Morgan fingerprint density at radius 1 is 1.09 bits per heavy atom. The zero-order valence-corrected chi connectivity index (χ0v) is 19.6. The molecular weight excluding hydrogens is 446 g/mol. The Bertz CT molecular complexity index is 1250. The number of imidazole rings is 1. The van der Waals surface area contributed by atoms with Crippen molar-refractivity contribution in [2.75, 3.05) is 20.8 Å². The summed E-state index contributed by atoms with van der Waals surface area (Å²) in [7, 11) is 3.06. The van der Waals surface area contributed by atoms with Crippen LogP contribution in [0, 0.1) is 0 Å². The Morgan fingerprint density at radius 3 is 2.54 bits per heavy atom. The number of nitrogens with zero attached hydrogens (tertiary/aromatic N) is 3. The Labute approximate surface area is 203 Å². The van der Waals surface area contributed by atoms with E-state index in [9.17, 15) is 14.7 Å². The summed E-state index contributed by atoms with van der Waals surface area (Å²) in [6, 6.07) is 13.8. The summed E-state index contributed by atoms with van der Waals surface area (Å²) < 4.78 is 12.7. The first-order valence-corrected chi connectivity index (χ1v) is 11.2.